The second-order valence-electron chi connectivity index (χ2n) is 11.4. The molecule has 0 saturated heterocycles. The number of hydrogen-bond acceptors (Lipinski definition) is 4. The number of ketones is 1. The second kappa shape index (κ2) is 13.1. The van der Waals surface area contributed by atoms with E-state index >= 15 is 0 Å². The van der Waals surface area contributed by atoms with Gasteiger partial charge in [-0.15, -0.1) is 0 Å². The van der Waals surface area contributed by atoms with Gasteiger partial charge in [0.15, 0.2) is 5.78 Å². The maximum atomic E-state index is 12.2. The summed E-state index contributed by atoms with van der Waals surface area (Å²) in [6.45, 7) is 12.1. The molecule has 3 heterocycles. The fourth-order valence-corrected chi connectivity index (χ4v) is 8.86. The van der Waals surface area contributed by atoms with Crippen LogP contribution in [0.3, 0.4) is 0 Å². The third-order valence-corrected chi connectivity index (χ3v) is 12.6. The summed E-state index contributed by atoms with van der Waals surface area (Å²) in [5, 5.41) is 16.4. The van der Waals surface area contributed by atoms with E-state index in [2.05, 4.69) is 60.7 Å². The molecule has 0 fully saturated rings. The average Bonchev–Trinajstić information content (AvgIpc) is 3.33. The molecule has 0 aliphatic carbocycles. The first-order valence-electron chi connectivity index (χ1n) is 14.6. The molecule has 6 rings (SSSR count). The Balaban J connectivity index is 0.000000203. The summed E-state index contributed by atoms with van der Waals surface area (Å²) in [5.41, 5.74) is 0.500. The Morgan fingerprint density at radius 2 is 1.57 bits per heavy atom. The van der Waals surface area contributed by atoms with Crippen LogP contribution in [0.4, 0.5) is 0 Å². The van der Waals surface area contributed by atoms with Gasteiger partial charge < -0.3 is 5.11 Å². The van der Waals surface area contributed by atoms with Crippen LogP contribution in [0.2, 0.25) is 0 Å². The monoisotopic (exact) mass is 821 g/mol. The average molecular weight is 820 g/mol. The number of carbonyl (C=O) groups is 1. The van der Waals surface area contributed by atoms with Crippen LogP contribution in [-0.2, 0) is 24.9 Å². The van der Waals surface area contributed by atoms with E-state index in [0.29, 0.717) is 14.5 Å². The zero-order valence-corrected chi connectivity index (χ0v) is 30.1. The van der Waals surface area contributed by atoms with Crippen LogP contribution < -0.4 is 0 Å². The summed E-state index contributed by atoms with van der Waals surface area (Å²) in [6.07, 6.45) is 6.72. The van der Waals surface area contributed by atoms with Gasteiger partial charge in [-0.3, -0.25) is 4.79 Å². The minimum absolute atomic E-state index is 0. The molecule has 0 aliphatic rings. The summed E-state index contributed by atoms with van der Waals surface area (Å²) in [6, 6.07) is 23.3. The normalized spacial score (nSPS) is 12.6. The number of aliphatic hydroxyl groups is 1. The molecule has 3 aromatic heterocycles. The molecule has 0 aliphatic heterocycles. The number of hydrogen-bond donors (Lipinski definition) is 1. The Morgan fingerprint density at radius 3 is 2.26 bits per heavy atom. The van der Waals surface area contributed by atoms with Crippen molar-refractivity contribution in [1.29, 1.82) is 0 Å². The third kappa shape index (κ3) is 5.90. The first kappa shape index (κ1) is 32.6. The van der Waals surface area contributed by atoms with Crippen LogP contribution >= 0.6 is 11.3 Å². The Hall–Kier alpha value is -2.33. The SMILES string of the molecule is CCC(C)(CC)C(=O)/C=C(\O)C(C)(CC)CC.[Ir].[c-]1c2ccccc2cc2sc3cccc4[se]c5ccnc(c12)c5c34. The summed E-state index contributed by atoms with van der Waals surface area (Å²) < 4.78 is 5.54. The van der Waals surface area contributed by atoms with Crippen LogP contribution in [0.25, 0.3) is 50.4 Å². The molecule has 0 bridgehead atoms. The van der Waals surface area contributed by atoms with Crippen molar-refractivity contribution in [1.82, 2.24) is 4.98 Å². The fraction of sp³-hybridized carbons (Fsp3) is 0.333. The maximum absolute atomic E-state index is 12.2. The van der Waals surface area contributed by atoms with Gasteiger partial charge in [-0.2, -0.15) is 0 Å². The van der Waals surface area contributed by atoms with E-state index in [1.165, 1.54) is 40.2 Å². The number of aromatic nitrogens is 1. The van der Waals surface area contributed by atoms with Crippen molar-refractivity contribution in [2.24, 2.45) is 10.8 Å². The minimum atomic E-state index is -0.337. The molecule has 0 saturated carbocycles. The second-order valence-corrected chi connectivity index (χ2v) is 14.7. The van der Waals surface area contributed by atoms with Crippen LogP contribution in [0, 0.1) is 16.9 Å². The molecule has 0 spiro atoms. The van der Waals surface area contributed by atoms with E-state index in [9.17, 15) is 9.90 Å². The zero-order valence-electron chi connectivity index (χ0n) is 25.1. The molecule has 3 aromatic carbocycles. The standard InChI is InChI=1S/C21H10NSSe.C15H28O2.Ir/c1-2-5-13-11-16-14(10-12(13)4-1)21-20-18(8-9-22-21)24-17-7-3-6-15(23-16)19(17)20;1-7-14(5,8-2)12(16)11-13(17)15(6,9-3)10-4;/h1-9,11H;11,16H,7-10H2,1-6H3;/q-1;;/b;12-11-;. The first-order chi connectivity index (χ1) is 19.7. The molecule has 0 atom stereocenters. The molecule has 1 N–H and O–H groups in total. The van der Waals surface area contributed by atoms with Gasteiger partial charge in [-0.1, -0.05) is 41.5 Å². The third-order valence-electron chi connectivity index (χ3n) is 9.18. The quantitative estimate of drug-likeness (QED) is 0.0756. The number of aliphatic hydroxyl groups excluding tert-OH is 1. The summed E-state index contributed by atoms with van der Waals surface area (Å²) in [5.74, 6) is 0.286. The van der Waals surface area contributed by atoms with Crippen molar-refractivity contribution in [3.05, 3.63) is 78.7 Å². The Kier molecular flexibility index (Phi) is 10.2. The van der Waals surface area contributed by atoms with Crippen molar-refractivity contribution in [2.75, 3.05) is 0 Å². The number of benzene rings is 3. The number of allylic oxidation sites excluding steroid dienone is 2. The summed E-state index contributed by atoms with van der Waals surface area (Å²) >= 11 is 2.24. The van der Waals surface area contributed by atoms with Gasteiger partial charge in [-0.25, -0.2) is 0 Å². The molecule has 0 amide bonds. The molecule has 3 nitrogen and oxygen atoms in total. The van der Waals surface area contributed by atoms with Crippen LogP contribution in [0.15, 0.2) is 72.6 Å². The molecule has 221 valence electrons. The molecule has 42 heavy (non-hydrogen) atoms. The van der Waals surface area contributed by atoms with Gasteiger partial charge in [0.05, 0.1) is 0 Å². The Morgan fingerprint density at radius 1 is 0.905 bits per heavy atom. The van der Waals surface area contributed by atoms with Crippen molar-refractivity contribution in [3.63, 3.8) is 0 Å². The van der Waals surface area contributed by atoms with E-state index in [1.54, 1.807) is 0 Å². The molecular formula is C36H38IrNO2SSe-. The van der Waals surface area contributed by atoms with Gasteiger partial charge in [0, 0.05) is 37.0 Å². The van der Waals surface area contributed by atoms with Gasteiger partial charge in [0.25, 0.3) is 0 Å². The topological polar surface area (TPSA) is 50.2 Å². The van der Waals surface area contributed by atoms with Gasteiger partial charge in [-0.05, 0) is 25.7 Å². The van der Waals surface area contributed by atoms with Crippen molar-refractivity contribution < 1.29 is 30.0 Å². The summed E-state index contributed by atoms with van der Waals surface area (Å²) in [7, 11) is 0. The number of fused-ring (bicyclic) bond motifs is 3. The number of nitrogens with zero attached hydrogens (tertiary/aromatic N) is 1. The van der Waals surface area contributed by atoms with Crippen LogP contribution in [-0.4, -0.2) is 30.4 Å². The predicted octanol–water partition coefficient (Wildman–Crippen LogP) is 10.4. The number of pyridine rings is 1. The Labute approximate surface area is 272 Å². The van der Waals surface area contributed by atoms with Crippen molar-refractivity contribution in [2.45, 2.75) is 67.2 Å². The van der Waals surface area contributed by atoms with Crippen molar-refractivity contribution in [3.8, 4) is 0 Å². The zero-order chi connectivity index (χ0) is 29.4. The van der Waals surface area contributed by atoms with Gasteiger partial charge >= 0.3 is 148 Å². The number of carbonyl (C=O) groups excluding carboxylic acids is 1. The van der Waals surface area contributed by atoms with Crippen LogP contribution in [0.5, 0.6) is 0 Å². The predicted molar refractivity (Wildman–Crippen MR) is 179 cm³/mol. The molecular weight excluding hydrogens is 782 g/mol. The van der Waals surface area contributed by atoms with Gasteiger partial charge in [0.2, 0.25) is 0 Å². The van der Waals surface area contributed by atoms with Crippen LogP contribution in [0.1, 0.15) is 67.2 Å². The number of rotatable bonds is 7. The fourth-order valence-electron chi connectivity index (χ4n) is 5.21. The van der Waals surface area contributed by atoms with E-state index in [4.69, 9.17) is 4.98 Å². The first-order valence-corrected chi connectivity index (χ1v) is 17.1. The molecule has 6 heteroatoms. The molecule has 6 aromatic rings. The van der Waals surface area contributed by atoms with E-state index in [1.807, 2.05) is 59.1 Å². The van der Waals surface area contributed by atoms with E-state index < -0.39 is 0 Å². The van der Waals surface area contributed by atoms with E-state index in [-0.39, 0.29) is 42.5 Å². The van der Waals surface area contributed by atoms with E-state index in [0.717, 1.165) is 42.0 Å². The molecule has 1 radical (unpaired) electrons. The molecule has 0 unspecified atom stereocenters. The summed E-state index contributed by atoms with van der Waals surface area (Å²) in [4.78, 5) is 17.0. The van der Waals surface area contributed by atoms with Gasteiger partial charge in [0.1, 0.15) is 5.76 Å². The Bertz CT molecular complexity index is 1910. The van der Waals surface area contributed by atoms with Crippen molar-refractivity contribution >= 4 is 82.0 Å².